The predicted molar refractivity (Wildman–Crippen MR) is 261 cm³/mol. The van der Waals surface area contributed by atoms with Crippen LogP contribution >= 0.6 is 14.3 Å². The number of phenolic OH excluding ortho intramolecular Hbond substituents is 6. The highest BCUT2D eigenvalue weighted by atomic mass is 31.2. The fourth-order valence-corrected chi connectivity index (χ4v) is 11.4. The van der Waals surface area contributed by atoms with Crippen LogP contribution in [0.4, 0.5) is 0 Å². The average Bonchev–Trinajstić information content (AvgIpc) is 3.36. The summed E-state index contributed by atoms with van der Waals surface area (Å²) in [6, 6.07) is 75.4. The minimum Gasteiger partial charge on any atom is -0.508 e. The molecule has 64 heavy (non-hydrogen) atoms. The smallest absolute Gasteiger partial charge is 0.171 e. The van der Waals surface area contributed by atoms with Gasteiger partial charge in [-0.1, -0.05) is 182 Å². The molecule has 0 aliphatic rings. The second-order valence-electron chi connectivity index (χ2n) is 13.8. The number of rotatable bonds is 6. The van der Waals surface area contributed by atoms with E-state index in [1.807, 2.05) is 182 Å². The number of aromatic hydroxyl groups is 6. The molecule has 6 N–H and O–H groups in total. The number of benzene rings is 9. The molecule has 0 aromatic heterocycles. The van der Waals surface area contributed by atoms with Crippen molar-refractivity contribution < 1.29 is 39.8 Å². The summed E-state index contributed by atoms with van der Waals surface area (Å²) in [7, 11) is -5.55. The first-order valence-electron chi connectivity index (χ1n) is 20.0. The molecular weight excluding hydrogens is 839 g/mol. The van der Waals surface area contributed by atoms with Crippen molar-refractivity contribution >= 4 is 46.1 Å². The molecular formula is C54H48O8P2. The van der Waals surface area contributed by atoms with Gasteiger partial charge in [-0.15, -0.1) is 0 Å². The lowest BCUT2D eigenvalue weighted by Crippen LogP contribution is -2.24. The molecule has 9 aromatic carbocycles. The summed E-state index contributed by atoms with van der Waals surface area (Å²) >= 11 is 0. The predicted octanol–water partition coefficient (Wildman–Crippen LogP) is 9.95. The second kappa shape index (κ2) is 24.0. The molecule has 8 nitrogen and oxygen atoms in total. The highest BCUT2D eigenvalue weighted by Gasteiger charge is 2.30. The Balaban J connectivity index is 0.000000162. The van der Waals surface area contributed by atoms with Crippen molar-refractivity contribution in [3.8, 4) is 34.5 Å². The molecule has 0 saturated carbocycles. The topological polar surface area (TPSA) is 156 Å². The lowest BCUT2D eigenvalue weighted by Gasteiger charge is -2.19. The van der Waals surface area contributed by atoms with E-state index in [2.05, 4.69) is 0 Å². The Morgan fingerprint density at radius 3 is 0.406 bits per heavy atom. The maximum Gasteiger partial charge on any atom is 0.171 e. The van der Waals surface area contributed by atoms with Gasteiger partial charge in [-0.25, -0.2) is 0 Å². The van der Waals surface area contributed by atoms with Gasteiger partial charge in [-0.2, -0.15) is 0 Å². The fraction of sp³-hybridized carbons (Fsp3) is 0. The van der Waals surface area contributed by atoms with Crippen LogP contribution in [-0.4, -0.2) is 30.6 Å². The van der Waals surface area contributed by atoms with Gasteiger partial charge in [0.15, 0.2) is 14.3 Å². The molecule has 0 aliphatic carbocycles. The largest absolute Gasteiger partial charge is 0.508 e. The quantitative estimate of drug-likeness (QED) is 0.0713. The molecule has 0 aliphatic heterocycles. The van der Waals surface area contributed by atoms with Crippen molar-refractivity contribution in [1.82, 2.24) is 0 Å². The number of hydrogen-bond donors (Lipinski definition) is 6. The lowest BCUT2D eigenvalue weighted by molar-refractivity contribution is 0.460. The van der Waals surface area contributed by atoms with Crippen LogP contribution in [0.3, 0.4) is 0 Å². The molecule has 9 rings (SSSR count). The Morgan fingerprint density at radius 1 is 0.188 bits per heavy atom. The summed E-state index contributed by atoms with van der Waals surface area (Å²) in [6.45, 7) is 0. The highest BCUT2D eigenvalue weighted by molar-refractivity contribution is 7.85. The maximum absolute atomic E-state index is 13.8. The SMILES string of the molecule is O=P(c1ccccc1)(c1ccccc1)c1ccccc1.O=P(c1ccccc1)(c1ccccc1)c1ccccc1.Oc1ccc(O)cc1.Oc1ccc(O)cc1.Oc1ccc(O)cc1. The standard InChI is InChI=1S/2C18H15OP.3C6H6O2/c2*19-20(16-10-4-1-5-11-16,17-12-6-2-7-13-17)18-14-8-3-9-15-18;3*7-5-1-2-6(8)4-3-5/h2*1-15H;3*1-4,7-8H. The molecule has 9 aromatic rings. The molecule has 0 atom stereocenters. The molecule has 322 valence electrons. The van der Waals surface area contributed by atoms with Crippen LogP contribution < -0.4 is 31.8 Å². The van der Waals surface area contributed by atoms with E-state index in [0.29, 0.717) is 0 Å². The van der Waals surface area contributed by atoms with Gasteiger partial charge in [0.25, 0.3) is 0 Å². The molecule has 0 radical (unpaired) electrons. The fourth-order valence-electron chi connectivity index (χ4n) is 6.08. The van der Waals surface area contributed by atoms with Crippen LogP contribution in [0.5, 0.6) is 34.5 Å². The molecule has 0 fully saturated rings. The second-order valence-corrected chi connectivity index (χ2v) is 19.3. The zero-order valence-corrected chi connectivity index (χ0v) is 36.4. The Bertz CT molecular complexity index is 2270. The van der Waals surface area contributed by atoms with Gasteiger partial charge in [0.05, 0.1) is 0 Å². The van der Waals surface area contributed by atoms with E-state index in [1.54, 1.807) is 0 Å². The van der Waals surface area contributed by atoms with Crippen molar-refractivity contribution in [1.29, 1.82) is 0 Å². The van der Waals surface area contributed by atoms with Gasteiger partial charge in [-0.05, 0) is 72.8 Å². The molecule has 0 spiro atoms. The Labute approximate surface area is 373 Å². The minimum absolute atomic E-state index is 0.169. The minimum atomic E-state index is -2.78. The number of phenols is 6. The van der Waals surface area contributed by atoms with E-state index in [0.717, 1.165) is 31.8 Å². The van der Waals surface area contributed by atoms with Crippen LogP contribution in [-0.2, 0) is 9.13 Å². The van der Waals surface area contributed by atoms with Gasteiger partial charge < -0.3 is 39.8 Å². The first-order chi connectivity index (χ1) is 31.0. The van der Waals surface area contributed by atoms with Crippen molar-refractivity contribution in [2.45, 2.75) is 0 Å². The summed E-state index contributed by atoms with van der Waals surface area (Å²) in [5, 5.41) is 57.1. The van der Waals surface area contributed by atoms with E-state index >= 15 is 0 Å². The third-order valence-corrected chi connectivity index (χ3v) is 15.4. The summed E-state index contributed by atoms with van der Waals surface area (Å²) in [5.74, 6) is 1.02. The van der Waals surface area contributed by atoms with Gasteiger partial charge in [0.1, 0.15) is 34.5 Å². The molecule has 0 heterocycles. The van der Waals surface area contributed by atoms with Crippen LogP contribution in [0.1, 0.15) is 0 Å². The van der Waals surface area contributed by atoms with Gasteiger partial charge >= 0.3 is 0 Å². The summed E-state index contributed by atoms with van der Waals surface area (Å²) in [4.78, 5) is 0. The van der Waals surface area contributed by atoms with E-state index in [4.69, 9.17) is 30.6 Å². The third-order valence-electron chi connectivity index (χ3n) is 9.27. The van der Waals surface area contributed by atoms with Crippen molar-refractivity contribution in [2.24, 2.45) is 0 Å². The summed E-state index contributed by atoms with van der Waals surface area (Å²) in [5.41, 5.74) is 0. The van der Waals surface area contributed by atoms with Crippen molar-refractivity contribution in [3.05, 3.63) is 255 Å². The van der Waals surface area contributed by atoms with E-state index < -0.39 is 14.3 Å². The van der Waals surface area contributed by atoms with Gasteiger partial charge in [0.2, 0.25) is 0 Å². The van der Waals surface area contributed by atoms with Crippen molar-refractivity contribution in [3.63, 3.8) is 0 Å². The Morgan fingerprint density at radius 2 is 0.297 bits per heavy atom. The van der Waals surface area contributed by atoms with E-state index in [9.17, 15) is 9.13 Å². The van der Waals surface area contributed by atoms with Gasteiger partial charge in [-0.3, -0.25) is 0 Å². The maximum atomic E-state index is 13.8. The van der Waals surface area contributed by atoms with Crippen LogP contribution in [0, 0.1) is 0 Å². The zero-order valence-electron chi connectivity index (χ0n) is 34.6. The summed E-state index contributed by atoms with van der Waals surface area (Å²) in [6.07, 6.45) is 0. The van der Waals surface area contributed by atoms with E-state index in [-0.39, 0.29) is 34.5 Å². The molecule has 0 amide bonds. The first kappa shape index (κ1) is 47.3. The zero-order chi connectivity index (χ0) is 45.6. The van der Waals surface area contributed by atoms with Crippen LogP contribution in [0.2, 0.25) is 0 Å². The molecule has 10 heteroatoms. The third kappa shape index (κ3) is 13.6. The van der Waals surface area contributed by atoms with Crippen molar-refractivity contribution in [2.75, 3.05) is 0 Å². The lowest BCUT2D eigenvalue weighted by atomic mass is 10.3. The number of hydrogen-bond acceptors (Lipinski definition) is 8. The van der Waals surface area contributed by atoms with E-state index in [1.165, 1.54) is 72.8 Å². The van der Waals surface area contributed by atoms with Crippen LogP contribution in [0.15, 0.2) is 255 Å². The molecule has 0 unspecified atom stereocenters. The highest BCUT2D eigenvalue weighted by Crippen LogP contribution is 2.43. The van der Waals surface area contributed by atoms with Gasteiger partial charge in [0, 0.05) is 31.8 Å². The monoisotopic (exact) mass is 886 g/mol. The average molecular weight is 887 g/mol. The molecule has 0 bridgehead atoms. The Hall–Kier alpha value is -7.76. The first-order valence-corrected chi connectivity index (χ1v) is 23.4. The Kier molecular flexibility index (Phi) is 17.8. The summed E-state index contributed by atoms with van der Waals surface area (Å²) < 4.78 is 27.6. The normalized spacial score (nSPS) is 10.4. The van der Waals surface area contributed by atoms with Crippen LogP contribution in [0.25, 0.3) is 0 Å². The molecule has 0 saturated heterocycles.